The molecule has 1 N–H and O–H groups in total. The third-order valence-electron chi connectivity index (χ3n) is 5.67. The maximum absolute atomic E-state index is 12.9. The van der Waals surface area contributed by atoms with E-state index in [9.17, 15) is 14.7 Å². The van der Waals surface area contributed by atoms with Crippen molar-refractivity contribution in [2.24, 2.45) is 0 Å². The predicted octanol–water partition coefficient (Wildman–Crippen LogP) is 3.88. The molecule has 1 saturated heterocycles. The van der Waals surface area contributed by atoms with Crippen LogP contribution < -0.4 is 4.74 Å². The summed E-state index contributed by atoms with van der Waals surface area (Å²) < 4.78 is 5.78. The van der Waals surface area contributed by atoms with E-state index < -0.39 is 0 Å². The maximum atomic E-state index is 12.9. The van der Waals surface area contributed by atoms with Gasteiger partial charge in [0.05, 0.1) is 5.56 Å². The summed E-state index contributed by atoms with van der Waals surface area (Å²) in [5, 5.41) is 10.2. The fourth-order valence-corrected chi connectivity index (χ4v) is 3.73. The van der Waals surface area contributed by atoms with Crippen LogP contribution in [0.15, 0.2) is 72.8 Å². The van der Waals surface area contributed by atoms with E-state index in [1.807, 2.05) is 30.3 Å². The molecule has 0 bridgehead atoms. The Bertz CT molecular complexity index is 1090. The van der Waals surface area contributed by atoms with Crippen molar-refractivity contribution in [2.75, 3.05) is 26.2 Å². The molecule has 3 aromatic rings. The minimum absolute atomic E-state index is 0.0191. The molecule has 3 aromatic carbocycles. The van der Waals surface area contributed by atoms with Gasteiger partial charge in [-0.3, -0.25) is 9.59 Å². The summed E-state index contributed by atoms with van der Waals surface area (Å²) in [4.78, 5) is 29.1. The molecular formula is C26H26N2O4. The number of phenols is 1. The van der Waals surface area contributed by atoms with Crippen LogP contribution in [0.1, 0.15) is 31.8 Å². The highest BCUT2D eigenvalue weighted by atomic mass is 16.5. The molecule has 4 rings (SSSR count). The van der Waals surface area contributed by atoms with E-state index in [2.05, 4.69) is 0 Å². The van der Waals surface area contributed by atoms with Crippen molar-refractivity contribution >= 4 is 11.8 Å². The third-order valence-corrected chi connectivity index (χ3v) is 5.67. The quantitative estimate of drug-likeness (QED) is 0.667. The first-order chi connectivity index (χ1) is 15.5. The largest absolute Gasteiger partial charge is 0.507 e. The van der Waals surface area contributed by atoms with Crippen LogP contribution in [0.3, 0.4) is 0 Å². The lowest BCUT2D eigenvalue weighted by atomic mass is 10.1. The number of piperazine rings is 1. The smallest absolute Gasteiger partial charge is 0.257 e. The number of aryl methyl sites for hydroxylation is 1. The summed E-state index contributed by atoms with van der Waals surface area (Å²) in [5.74, 6) is 0.452. The average Bonchev–Trinajstić information content (AvgIpc) is 2.85. The summed E-state index contributed by atoms with van der Waals surface area (Å²) in [6.07, 6.45) is 0. The Balaban J connectivity index is 1.32. The van der Waals surface area contributed by atoms with Gasteiger partial charge in [0.2, 0.25) is 0 Å². The Labute approximate surface area is 187 Å². The molecule has 0 spiro atoms. The number of benzene rings is 3. The van der Waals surface area contributed by atoms with E-state index in [1.165, 1.54) is 0 Å². The lowest BCUT2D eigenvalue weighted by molar-refractivity contribution is 0.0533. The average molecular weight is 431 g/mol. The summed E-state index contributed by atoms with van der Waals surface area (Å²) in [7, 11) is 0. The van der Waals surface area contributed by atoms with E-state index in [-0.39, 0.29) is 17.6 Å². The molecule has 1 heterocycles. The van der Waals surface area contributed by atoms with Crippen LogP contribution in [0.25, 0.3) is 0 Å². The highest BCUT2D eigenvalue weighted by Gasteiger charge is 2.27. The zero-order valence-electron chi connectivity index (χ0n) is 18.0. The first-order valence-corrected chi connectivity index (χ1v) is 10.7. The second-order valence-corrected chi connectivity index (χ2v) is 7.85. The minimum atomic E-state index is -0.210. The fraction of sp³-hybridized carbons (Fsp3) is 0.231. The maximum Gasteiger partial charge on any atom is 0.257 e. The lowest BCUT2D eigenvalue weighted by Gasteiger charge is -2.35. The summed E-state index contributed by atoms with van der Waals surface area (Å²) in [6, 6.07) is 22.2. The summed E-state index contributed by atoms with van der Waals surface area (Å²) >= 11 is 0. The fourth-order valence-electron chi connectivity index (χ4n) is 3.73. The number of amides is 2. The van der Waals surface area contributed by atoms with Crippen LogP contribution in [0.5, 0.6) is 11.5 Å². The van der Waals surface area contributed by atoms with Gasteiger partial charge >= 0.3 is 0 Å². The molecular weight excluding hydrogens is 404 g/mol. The van der Waals surface area contributed by atoms with Gasteiger partial charge in [-0.05, 0) is 48.4 Å². The van der Waals surface area contributed by atoms with Crippen LogP contribution in [0, 0.1) is 6.92 Å². The predicted molar refractivity (Wildman–Crippen MR) is 122 cm³/mol. The Morgan fingerprint density at radius 3 is 2.09 bits per heavy atom. The molecule has 1 aliphatic heterocycles. The van der Waals surface area contributed by atoms with Crippen molar-refractivity contribution in [2.45, 2.75) is 13.5 Å². The van der Waals surface area contributed by atoms with Crippen molar-refractivity contribution in [3.05, 3.63) is 95.1 Å². The van der Waals surface area contributed by atoms with Crippen LogP contribution in [-0.4, -0.2) is 52.9 Å². The van der Waals surface area contributed by atoms with Gasteiger partial charge in [-0.1, -0.05) is 42.5 Å². The second-order valence-electron chi connectivity index (χ2n) is 7.85. The standard InChI is InChI=1S/C26H26N2O4/c1-19-6-5-9-23(24(19)29)26(31)28-16-14-27(15-17-28)25(30)21-10-12-22(13-11-21)32-18-20-7-3-2-4-8-20/h2-13,29H,14-18H2,1H3. The molecule has 164 valence electrons. The Kier molecular flexibility index (Phi) is 6.40. The molecule has 0 aliphatic carbocycles. The molecule has 32 heavy (non-hydrogen) atoms. The van der Waals surface area contributed by atoms with Crippen molar-refractivity contribution < 1.29 is 19.4 Å². The van der Waals surface area contributed by atoms with Gasteiger partial charge in [-0.25, -0.2) is 0 Å². The summed E-state index contributed by atoms with van der Waals surface area (Å²) in [5.41, 5.74) is 2.64. The SMILES string of the molecule is Cc1cccc(C(=O)N2CCN(C(=O)c3ccc(OCc4ccccc4)cc3)CC2)c1O. The van der Waals surface area contributed by atoms with E-state index in [1.54, 1.807) is 59.2 Å². The molecule has 0 unspecified atom stereocenters. The van der Waals surface area contributed by atoms with Gasteiger partial charge in [-0.15, -0.1) is 0 Å². The van der Waals surface area contributed by atoms with Crippen LogP contribution in [0.4, 0.5) is 0 Å². The van der Waals surface area contributed by atoms with Gasteiger partial charge in [-0.2, -0.15) is 0 Å². The number of para-hydroxylation sites is 1. The monoisotopic (exact) mass is 430 g/mol. The van der Waals surface area contributed by atoms with Gasteiger partial charge in [0.15, 0.2) is 0 Å². The van der Waals surface area contributed by atoms with E-state index in [0.29, 0.717) is 55.2 Å². The van der Waals surface area contributed by atoms with Gasteiger partial charge < -0.3 is 19.6 Å². The number of nitrogens with zero attached hydrogens (tertiary/aromatic N) is 2. The van der Waals surface area contributed by atoms with Crippen molar-refractivity contribution in [1.29, 1.82) is 0 Å². The first-order valence-electron chi connectivity index (χ1n) is 10.7. The molecule has 0 aromatic heterocycles. The van der Waals surface area contributed by atoms with E-state index in [0.717, 1.165) is 5.56 Å². The van der Waals surface area contributed by atoms with Gasteiger partial charge in [0, 0.05) is 31.7 Å². The number of phenolic OH excluding ortho intramolecular Hbond substituents is 1. The third kappa shape index (κ3) is 4.75. The lowest BCUT2D eigenvalue weighted by Crippen LogP contribution is -2.50. The number of carbonyl (C=O) groups excluding carboxylic acids is 2. The molecule has 6 heteroatoms. The zero-order chi connectivity index (χ0) is 22.5. The van der Waals surface area contributed by atoms with E-state index in [4.69, 9.17) is 4.74 Å². The number of ether oxygens (including phenoxy) is 1. The Hall–Kier alpha value is -3.80. The number of carbonyl (C=O) groups is 2. The van der Waals surface area contributed by atoms with Crippen LogP contribution in [-0.2, 0) is 6.61 Å². The Morgan fingerprint density at radius 2 is 1.44 bits per heavy atom. The molecule has 0 radical (unpaired) electrons. The minimum Gasteiger partial charge on any atom is -0.507 e. The normalized spacial score (nSPS) is 13.7. The zero-order valence-corrected chi connectivity index (χ0v) is 18.0. The van der Waals surface area contributed by atoms with Crippen molar-refractivity contribution in [3.8, 4) is 11.5 Å². The molecule has 2 amide bonds. The van der Waals surface area contributed by atoms with Gasteiger partial charge in [0.1, 0.15) is 18.1 Å². The van der Waals surface area contributed by atoms with Crippen LogP contribution >= 0.6 is 0 Å². The first kappa shape index (κ1) is 21.4. The highest BCUT2D eigenvalue weighted by molar-refractivity contribution is 5.98. The van der Waals surface area contributed by atoms with Crippen molar-refractivity contribution in [1.82, 2.24) is 9.80 Å². The number of aromatic hydroxyl groups is 1. The second kappa shape index (κ2) is 9.56. The number of rotatable bonds is 5. The van der Waals surface area contributed by atoms with E-state index >= 15 is 0 Å². The molecule has 0 atom stereocenters. The van der Waals surface area contributed by atoms with Crippen molar-refractivity contribution in [3.63, 3.8) is 0 Å². The Morgan fingerprint density at radius 1 is 0.812 bits per heavy atom. The summed E-state index contributed by atoms with van der Waals surface area (Å²) in [6.45, 7) is 3.99. The number of hydrogen-bond donors (Lipinski definition) is 1. The van der Waals surface area contributed by atoms with Gasteiger partial charge in [0.25, 0.3) is 11.8 Å². The molecule has 1 fully saturated rings. The number of hydrogen-bond acceptors (Lipinski definition) is 4. The van der Waals surface area contributed by atoms with Crippen LogP contribution in [0.2, 0.25) is 0 Å². The molecule has 1 aliphatic rings. The highest BCUT2D eigenvalue weighted by Crippen LogP contribution is 2.24. The molecule has 0 saturated carbocycles. The topological polar surface area (TPSA) is 70.1 Å². The molecule has 6 nitrogen and oxygen atoms in total.